The van der Waals surface area contributed by atoms with Gasteiger partial charge >= 0.3 is 0 Å². The number of ether oxygens (including phenoxy) is 15. The maximum Gasteiger partial charge on any atom is 0.187 e. The second-order valence-electron chi connectivity index (χ2n) is 21.2. The van der Waals surface area contributed by atoms with Crippen molar-refractivity contribution in [3.63, 3.8) is 0 Å². The molecule has 0 spiro atoms. The molecule has 0 aromatic carbocycles. The summed E-state index contributed by atoms with van der Waals surface area (Å²) in [4.78, 5) is 0. The molecule has 38 heteroatoms. The Bertz CT molecular complexity index is 1970. The molecular weight excluding hydrogens is 1150 g/mol. The Kier molecular flexibility index (Phi) is 23.5. The van der Waals surface area contributed by atoms with Crippen molar-refractivity contribution >= 4 is 0 Å². The molecule has 0 unspecified atom stereocenters. The minimum Gasteiger partial charge on any atom is -0.394 e. The van der Waals surface area contributed by atoms with Gasteiger partial charge in [0.05, 0.1) is 52.9 Å². The van der Waals surface area contributed by atoms with Crippen LogP contribution >= 0.6 is 0 Å². The van der Waals surface area contributed by atoms with Gasteiger partial charge in [0.2, 0.25) is 0 Å². The number of rotatable bonds is 19. The zero-order valence-corrected chi connectivity index (χ0v) is 43.4. The quantitative estimate of drug-likeness (QED) is 0.0571. The SMILES string of the molecule is OC[C@H]1O[C@@H](O[C@H]2[C@@H](OC[C@H]3O[C@@H](O[C@H]4[C@H](O)[C@@H](O)[C@H](O)O[C@@H]4CO)[C@H](O)[C@@H](O)[C@@H]3O[C@@H]3O[C@H](CO[C@H]4OC[C@@H](O)[C@H](O)[C@H]4O)[C@@H](O[C@@H]4O[C@H](CO[C@H]5OC[C@@H](O)[C@H](O)[C@H]5O)[C@@H](O)[C@H](O)[C@H]4O)[C@H](O)[C@H]3O)OC[C@@H](O)[C@@H]2O)[C@H](O)[C@@H](O)[C@H]1O. The van der Waals surface area contributed by atoms with E-state index in [0.717, 1.165) is 0 Å². The second kappa shape index (κ2) is 29.0. The van der Waals surface area contributed by atoms with Crippen LogP contribution in [0.5, 0.6) is 0 Å². The molecule has 8 fully saturated rings. The van der Waals surface area contributed by atoms with Crippen LogP contribution in [0.2, 0.25) is 0 Å². The third-order valence-electron chi connectivity index (χ3n) is 15.4. The highest BCUT2D eigenvalue weighted by Crippen LogP contribution is 2.37. The van der Waals surface area contributed by atoms with E-state index in [4.69, 9.17) is 71.1 Å². The number of hydrogen-bond acceptors (Lipinski definition) is 38. The molecule has 8 rings (SSSR count). The Morgan fingerprint density at radius 3 is 1.01 bits per heavy atom. The summed E-state index contributed by atoms with van der Waals surface area (Å²) in [7, 11) is 0. The van der Waals surface area contributed by atoms with Gasteiger partial charge in [0.25, 0.3) is 0 Å². The molecule has 23 N–H and O–H groups in total. The van der Waals surface area contributed by atoms with Gasteiger partial charge in [-0.2, -0.15) is 0 Å². The summed E-state index contributed by atoms with van der Waals surface area (Å²) in [5.74, 6) is 0. The van der Waals surface area contributed by atoms with Crippen molar-refractivity contribution in [3.05, 3.63) is 0 Å². The molecule has 8 saturated heterocycles. The van der Waals surface area contributed by atoms with Gasteiger partial charge in [-0.15, -0.1) is 0 Å². The number of aliphatic hydroxyl groups is 23. The lowest BCUT2D eigenvalue weighted by atomic mass is 9.95. The first-order valence-electron chi connectivity index (χ1n) is 26.4. The van der Waals surface area contributed by atoms with Crippen LogP contribution < -0.4 is 0 Å². The van der Waals surface area contributed by atoms with Gasteiger partial charge in [0.15, 0.2) is 50.3 Å². The first-order valence-corrected chi connectivity index (χ1v) is 26.4. The van der Waals surface area contributed by atoms with Crippen molar-refractivity contribution in [2.75, 3.05) is 52.9 Å². The monoisotopic (exact) mass is 1220 g/mol. The Morgan fingerprint density at radius 1 is 0.253 bits per heavy atom. The molecular formula is C45H76O38. The largest absolute Gasteiger partial charge is 0.394 e. The molecule has 37 atom stereocenters. The highest BCUT2D eigenvalue weighted by molar-refractivity contribution is 5.00. The third kappa shape index (κ3) is 14.6. The van der Waals surface area contributed by atoms with Crippen LogP contribution in [0.4, 0.5) is 0 Å². The first-order chi connectivity index (χ1) is 39.3. The van der Waals surface area contributed by atoms with Crippen molar-refractivity contribution in [1.29, 1.82) is 0 Å². The topological polar surface area (TPSA) is 604 Å². The van der Waals surface area contributed by atoms with Crippen molar-refractivity contribution in [2.45, 2.75) is 227 Å². The Morgan fingerprint density at radius 2 is 0.566 bits per heavy atom. The van der Waals surface area contributed by atoms with Crippen LogP contribution in [0.3, 0.4) is 0 Å². The fraction of sp³-hybridized carbons (Fsp3) is 1.00. The summed E-state index contributed by atoms with van der Waals surface area (Å²) in [5.41, 5.74) is 0. The normalized spacial score (nSPS) is 53.9. The molecule has 0 bridgehead atoms. The molecule has 0 saturated carbocycles. The lowest BCUT2D eigenvalue weighted by Gasteiger charge is -2.49. The van der Waals surface area contributed by atoms with E-state index in [1.807, 2.05) is 0 Å². The fourth-order valence-corrected chi connectivity index (χ4v) is 10.3. The summed E-state index contributed by atoms with van der Waals surface area (Å²) < 4.78 is 84.8. The molecule has 0 radical (unpaired) electrons. The summed E-state index contributed by atoms with van der Waals surface area (Å²) >= 11 is 0. The maximum atomic E-state index is 11.9. The second-order valence-corrected chi connectivity index (χ2v) is 21.2. The maximum absolute atomic E-state index is 11.9. The minimum absolute atomic E-state index is 0.496. The van der Waals surface area contributed by atoms with Gasteiger partial charge in [-0.25, -0.2) is 0 Å². The molecule has 0 aromatic heterocycles. The van der Waals surface area contributed by atoms with Crippen LogP contribution in [0.1, 0.15) is 0 Å². The van der Waals surface area contributed by atoms with Crippen LogP contribution in [-0.2, 0) is 71.1 Å². The molecule has 8 heterocycles. The van der Waals surface area contributed by atoms with Gasteiger partial charge < -0.3 is 189 Å². The Hall–Kier alpha value is -1.52. The predicted molar refractivity (Wildman–Crippen MR) is 246 cm³/mol. The molecule has 8 aliphatic heterocycles. The highest BCUT2D eigenvalue weighted by atomic mass is 16.8. The van der Waals surface area contributed by atoms with E-state index in [9.17, 15) is 117 Å². The van der Waals surface area contributed by atoms with Crippen LogP contribution in [0.15, 0.2) is 0 Å². The molecule has 0 aliphatic carbocycles. The molecule has 0 amide bonds. The average Bonchev–Trinajstić information content (AvgIpc) is 3.67. The third-order valence-corrected chi connectivity index (χ3v) is 15.4. The minimum atomic E-state index is -2.38. The van der Waals surface area contributed by atoms with Crippen molar-refractivity contribution in [1.82, 2.24) is 0 Å². The van der Waals surface area contributed by atoms with Gasteiger partial charge in [-0.05, 0) is 0 Å². The summed E-state index contributed by atoms with van der Waals surface area (Å²) in [6, 6.07) is 0. The van der Waals surface area contributed by atoms with Gasteiger partial charge in [0, 0.05) is 0 Å². The summed E-state index contributed by atoms with van der Waals surface area (Å²) in [6.45, 7) is -6.35. The van der Waals surface area contributed by atoms with E-state index in [0.29, 0.717) is 0 Å². The molecule has 8 aliphatic rings. The predicted octanol–water partition coefficient (Wildman–Crippen LogP) is -16.5. The van der Waals surface area contributed by atoms with Crippen LogP contribution in [0.25, 0.3) is 0 Å². The molecule has 0 aromatic rings. The van der Waals surface area contributed by atoms with E-state index in [1.54, 1.807) is 0 Å². The first kappa shape index (κ1) is 67.4. The van der Waals surface area contributed by atoms with E-state index in [2.05, 4.69) is 0 Å². The van der Waals surface area contributed by atoms with E-state index < -0.39 is 280 Å². The number of aliphatic hydroxyl groups excluding tert-OH is 23. The standard InChI is InChI=1S/C45H76O38/c46-1-12-20(54)22(56)30(64)41(76-12)83-37-19(53)11(50)5-71-45(37)74-8-16-36(25(59)32(66)43(79-16)80-34-13(2-47)75-38(68)27(61)24(34)58)82-44-33(67)26(60)35(15(78-44)7-73-40-29(63)18(52)10(49)4-70-40)81-42-31(65)23(57)21(55)14(77-42)6-72-39-28(62)17(51)9(48)3-69-39/h9-68H,1-8H2/t9-,10-,11-,12-,13-,14-,15-,16-,17+,18+,19+,20+,21-,22+,23+,24-,25-,26-,27-,28-,29-,30-,31-,32-,33-,34-,35-,36-,37-,38-,39-,40-,41+,42+,43+,44+,45-/m1/s1. The van der Waals surface area contributed by atoms with E-state index >= 15 is 0 Å². The zero-order chi connectivity index (χ0) is 60.6. The molecule has 38 nitrogen and oxygen atoms in total. The van der Waals surface area contributed by atoms with Crippen molar-refractivity contribution in [2.24, 2.45) is 0 Å². The van der Waals surface area contributed by atoms with E-state index in [-0.39, 0.29) is 0 Å². The van der Waals surface area contributed by atoms with Gasteiger partial charge in [-0.3, -0.25) is 0 Å². The van der Waals surface area contributed by atoms with Crippen molar-refractivity contribution < 1.29 is 189 Å². The summed E-state index contributed by atoms with van der Waals surface area (Å²) in [5, 5.41) is 246. The van der Waals surface area contributed by atoms with Crippen molar-refractivity contribution in [3.8, 4) is 0 Å². The smallest absolute Gasteiger partial charge is 0.187 e. The molecule has 484 valence electrons. The highest BCUT2D eigenvalue weighted by Gasteiger charge is 2.57. The fourth-order valence-electron chi connectivity index (χ4n) is 10.3. The van der Waals surface area contributed by atoms with E-state index in [1.165, 1.54) is 0 Å². The van der Waals surface area contributed by atoms with Gasteiger partial charge in [0.1, 0.15) is 177 Å². The lowest BCUT2D eigenvalue weighted by Crippen LogP contribution is -2.68. The number of hydrogen-bond donors (Lipinski definition) is 23. The van der Waals surface area contributed by atoms with Crippen LogP contribution in [-0.4, -0.2) is 398 Å². The summed E-state index contributed by atoms with van der Waals surface area (Å²) in [6.07, 6.45) is -72.2. The average molecular weight is 1230 g/mol. The van der Waals surface area contributed by atoms with Gasteiger partial charge in [-0.1, -0.05) is 0 Å². The zero-order valence-electron chi connectivity index (χ0n) is 43.4. The molecule has 83 heavy (non-hydrogen) atoms. The lowest BCUT2D eigenvalue weighted by molar-refractivity contribution is -0.395. The Balaban J connectivity index is 1.05. The Labute approximate surface area is 468 Å². The van der Waals surface area contributed by atoms with Crippen LogP contribution in [0, 0.1) is 0 Å².